The largest absolute Gasteiger partial charge is 0.330 e. The van der Waals surface area contributed by atoms with Crippen LogP contribution in [0.4, 0.5) is 0 Å². The number of rotatable bonds is 2. The van der Waals surface area contributed by atoms with Crippen molar-refractivity contribution in [1.82, 2.24) is 9.97 Å². The van der Waals surface area contributed by atoms with E-state index >= 15 is 0 Å². The third-order valence-electron chi connectivity index (χ3n) is 3.45. The van der Waals surface area contributed by atoms with E-state index in [1.165, 1.54) is 30.4 Å². The molecule has 3 rings (SSSR count). The standard InChI is InChI=1S/C14H14N2S/c17-14-15-8-7-13(16-14)12-6-2-5-11(9-12)10-3-1-4-10/h2,5-10H,1,3-4H2,(H,15,16,17). The van der Waals surface area contributed by atoms with Crippen LogP contribution in [-0.2, 0) is 0 Å². The normalized spacial score (nSPS) is 15.5. The summed E-state index contributed by atoms with van der Waals surface area (Å²) in [6.45, 7) is 0. The van der Waals surface area contributed by atoms with E-state index < -0.39 is 0 Å². The third kappa shape index (κ3) is 2.15. The number of nitrogens with one attached hydrogen (secondary N) is 1. The van der Waals surface area contributed by atoms with Crippen LogP contribution in [0.2, 0.25) is 0 Å². The topological polar surface area (TPSA) is 28.7 Å². The Morgan fingerprint density at radius 2 is 2.12 bits per heavy atom. The zero-order chi connectivity index (χ0) is 11.7. The Balaban J connectivity index is 2.00. The number of nitrogens with zero attached hydrogens (tertiary/aromatic N) is 1. The van der Waals surface area contributed by atoms with Gasteiger partial charge in [-0.15, -0.1) is 0 Å². The maximum absolute atomic E-state index is 5.05. The zero-order valence-electron chi connectivity index (χ0n) is 9.52. The molecule has 17 heavy (non-hydrogen) atoms. The fraction of sp³-hybridized carbons (Fsp3) is 0.286. The Hall–Kier alpha value is -1.48. The van der Waals surface area contributed by atoms with E-state index in [0.29, 0.717) is 4.77 Å². The van der Waals surface area contributed by atoms with Gasteiger partial charge in [-0.2, -0.15) is 0 Å². The number of hydrogen-bond acceptors (Lipinski definition) is 2. The second-order valence-corrected chi connectivity index (χ2v) is 4.93. The van der Waals surface area contributed by atoms with Crippen molar-refractivity contribution in [3.63, 3.8) is 0 Å². The molecule has 3 heteroatoms. The highest BCUT2D eigenvalue weighted by Gasteiger charge is 2.19. The Kier molecular flexibility index (Phi) is 2.77. The molecule has 0 aliphatic heterocycles. The number of H-pyrrole nitrogens is 1. The minimum absolute atomic E-state index is 0.538. The summed E-state index contributed by atoms with van der Waals surface area (Å²) >= 11 is 5.05. The van der Waals surface area contributed by atoms with E-state index in [1.54, 1.807) is 6.20 Å². The van der Waals surface area contributed by atoms with Crippen LogP contribution in [0, 0.1) is 4.77 Å². The van der Waals surface area contributed by atoms with Gasteiger partial charge in [-0.3, -0.25) is 0 Å². The molecular weight excluding hydrogens is 228 g/mol. The molecule has 1 N–H and O–H groups in total. The van der Waals surface area contributed by atoms with Crippen molar-refractivity contribution in [2.24, 2.45) is 0 Å². The zero-order valence-corrected chi connectivity index (χ0v) is 10.3. The summed E-state index contributed by atoms with van der Waals surface area (Å²) in [7, 11) is 0. The van der Waals surface area contributed by atoms with Gasteiger partial charge in [0.15, 0.2) is 4.77 Å². The number of aromatic amines is 1. The Morgan fingerprint density at radius 3 is 2.82 bits per heavy atom. The smallest absolute Gasteiger partial charge is 0.197 e. The van der Waals surface area contributed by atoms with Crippen LogP contribution in [0.3, 0.4) is 0 Å². The van der Waals surface area contributed by atoms with Crippen molar-refractivity contribution in [3.8, 4) is 11.3 Å². The molecule has 0 radical (unpaired) electrons. The average Bonchev–Trinajstić information content (AvgIpc) is 2.27. The van der Waals surface area contributed by atoms with Gasteiger partial charge < -0.3 is 4.98 Å². The molecule has 0 saturated heterocycles. The summed E-state index contributed by atoms with van der Waals surface area (Å²) in [5.74, 6) is 0.764. The molecule has 1 heterocycles. The lowest BCUT2D eigenvalue weighted by molar-refractivity contribution is 0.420. The van der Waals surface area contributed by atoms with Gasteiger partial charge >= 0.3 is 0 Å². The van der Waals surface area contributed by atoms with Crippen LogP contribution in [0.1, 0.15) is 30.7 Å². The van der Waals surface area contributed by atoms with Crippen LogP contribution in [0.25, 0.3) is 11.3 Å². The molecule has 1 saturated carbocycles. The highest BCUT2D eigenvalue weighted by Crippen LogP contribution is 2.37. The number of aromatic nitrogens is 2. The second kappa shape index (κ2) is 4.41. The molecule has 0 unspecified atom stereocenters. The molecule has 0 atom stereocenters. The van der Waals surface area contributed by atoms with E-state index in [-0.39, 0.29) is 0 Å². The van der Waals surface area contributed by atoms with Gasteiger partial charge in [-0.1, -0.05) is 24.6 Å². The summed E-state index contributed by atoms with van der Waals surface area (Å²) in [6, 6.07) is 10.7. The second-order valence-electron chi connectivity index (χ2n) is 4.54. The van der Waals surface area contributed by atoms with Gasteiger partial charge in [0.2, 0.25) is 0 Å². The van der Waals surface area contributed by atoms with Crippen molar-refractivity contribution in [2.75, 3.05) is 0 Å². The van der Waals surface area contributed by atoms with E-state index in [2.05, 4.69) is 34.2 Å². The molecule has 2 nitrogen and oxygen atoms in total. The van der Waals surface area contributed by atoms with E-state index in [9.17, 15) is 0 Å². The molecule has 0 spiro atoms. The summed E-state index contributed by atoms with van der Waals surface area (Å²) in [6.07, 6.45) is 5.78. The fourth-order valence-electron chi connectivity index (χ4n) is 2.24. The Labute approximate surface area is 106 Å². The summed E-state index contributed by atoms with van der Waals surface area (Å²) < 4.78 is 0.538. The van der Waals surface area contributed by atoms with Crippen LogP contribution in [-0.4, -0.2) is 9.97 Å². The van der Waals surface area contributed by atoms with Gasteiger partial charge in [0.1, 0.15) is 0 Å². The minimum Gasteiger partial charge on any atom is -0.330 e. The minimum atomic E-state index is 0.538. The predicted molar refractivity (Wildman–Crippen MR) is 71.4 cm³/mol. The number of benzene rings is 1. The van der Waals surface area contributed by atoms with Crippen LogP contribution in [0.15, 0.2) is 36.5 Å². The molecule has 1 aromatic carbocycles. The molecule has 1 fully saturated rings. The number of hydrogen-bond donors (Lipinski definition) is 1. The summed E-state index contributed by atoms with van der Waals surface area (Å²) in [5, 5.41) is 0. The van der Waals surface area contributed by atoms with Gasteiger partial charge in [-0.25, -0.2) is 4.98 Å². The SMILES string of the molecule is S=c1nccc(-c2cccc(C3CCC3)c2)[nH]1. The molecule has 1 aromatic heterocycles. The lowest BCUT2D eigenvalue weighted by atomic mass is 9.79. The van der Waals surface area contributed by atoms with Crippen molar-refractivity contribution < 1.29 is 0 Å². The molecule has 0 bridgehead atoms. The maximum Gasteiger partial charge on any atom is 0.197 e. The first kappa shape index (κ1) is 10.7. The maximum atomic E-state index is 5.05. The summed E-state index contributed by atoms with van der Waals surface area (Å²) in [5.41, 5.74) is 3.69. The molecule has 1 aliphatic carbocycles. The molecule has 86 valence electrons. The Bertz CT molecular complexity index is 585. The van der Waals surface area contributed by atoms with Gasteiger partial charge in [0.25, 0.3) is 0 Å². The third-order valence-corrected chi connectivity index (χ3v) is 3.66. The Morgan fingerprint density at radius 1 is 1.24 bits per heavy atom. The van der Waals surface area contributed by atoms with Crippen LogP contribution >= 0.6 is 12.2 Å². The molecule has 1 aliphatic rings. The average molecular weight is 242 g/mol. The van der Waals surface area contributed by atoms with Gasteiger partial charge in [-0.05, 0) is 54.2 Å². The lowest BCUT2D eigenvalue weighted by Gasteiger charge is -2.26. The summed E-state index contributed by atoms with van der Waals surface area (Å²) in [4.78, 5) is 7.14. The molecule has 2 aromatic rings. The van der Waals surface area contributed by atoms with Crippen molar-refractivity contribution in [2.45, 2.75) is 25.2 Å². The van der Waals surface area contributed by atoms with E-state index in [1.807, 2.05) is 6.07 Å². The van der Waals surface area contributed by atoms with Crippen LogP contribution in [0.5, 0.6) is 0 Å². The molecule has 0 amide bonds. The fourth-order valence-corrected chi connectivity index (χ4v) is 2.41. The quantitative estimate of drug-likeness (QED) is 0.804. The van der Waals surface area contributed by atoms with E-state index in [4.69, 9.17) is 12.2 Å². The van der Waals surface area contributed by atoms with Crippen LogP contribution < -0.4 is 0 Å². The highest BCUT2D eigenvalue weighted by atomic mass is 32.1. The van der Waals surface area contributed by atoms with Gasteiger partial charge in [0.05, 0.1) is 0 Å². The van der Waals surface area contributed by atoms with Crippen molar-refractivity contribution >= 4 is 12.2 Å². The predicted octanol–water partition coefficient (Wildman–Crippen LogP) is 4.07. The lowest BCUT2D eigenvalue weighted by Crippen LogP contribution is -2.08. The molecular formula is C14H14N2S. The van der Waals surface area contributed by atoms with Crippen molar-refractivity contribution in [3.05, 3.63) is 46.9 Å². The van der Waals surface area contributed by atoms with Crippen molar-refractivity contribution in [1.29, 1.82) is 0 Å². The highest BCUT2D eigenvalue weighted by molar-refractivity contribution is 7.71. The monoisotopic (exact) mass is 242 g/mol. The van der Waals surface area contributed by atoms with Gasteiger partial charge in [0, 0.05) is 11.9 Å². The first-order chi connectivity index (χ1) is 8.33. The van der Waals surface area contributed by atoms with E-state index in [0.717, 1.165) is 11.6 Å². The first-order valence-electron chi connectivity index (χ1n) is 5.98. The first-order valence-corrected chi connectivity index (χ1v) is 6.39.